The molecule has 0 atom stereocenters. The fourth-order valence-corrected chi connectivity index (χ4v) is 6.07. The van der Waals surface area contributed by atoms with Crippen LogP contribution < -0.4 is 21.3 Å². The first kappa shape index (κ1) is 29.1. The SMILES string of the molecule is N#Cc1ccnc(NC2CCN(Cc3ccc(-n4c(-c5cccnc5N)nc5ccc(N6CCNC(=O)CC6)nc54)cc3)CC2)n1. The number of nitrogens with two attached hydrogens (primary N) is 1. The second-order valence-electron chi connectivity index (χ2n) is 11.5. The van der Waals surface area contributed by atoms with Crippen molar-refractivity contribution in [2.24, 2.45) is 0 Å². The largest absolute Gasteiger partial charge is 0.383 e. The zero-order valence-corrected chi connectivity index (χ0v) is 25.3. The molecule has 46 heavy (non-hydrogen) atoms. The molecule has 0 spiro atoms. The molecule has 0 bridgehead atoms. The summed E-state index contributed by atoms with van der Waals surface area (Å²) in [6, 6.07) is 20.2. The molecule has 7 rings (SSSR count). The van der Waals surface area contributed by atoms with Gasteiger partial charge in [0.05, 0.1) is 5.56 Å². The van der Waals surface area contributed by atoms with Crippen molar-refractivity contribution in [1.82, 2.24) is 39.7 Å². The van der Waals surface area contributed by atoms with Crippen LogP contribution in [0.5, 0.6) is 0 Å². The van der Waals surface area contributed by atoms with Gasteiger partial charge < -0.3 is 21.3 Å². The summed E-state index contributed by atoms with van der Waals surface area (Å²) in [5.74, 6) is 2.43. The number of rotatable bonds is 7. The molecular weight excluding hydrogens is 580 g/mol. The van der Waals surface area contributed by atoms with E-state index in [9.17, 15) is 4.79 Å². The molecule has 0 radical (unpaired) electrons. The van der Waals surface area contributed by atoms with Crippen LogP contribution in [-0.4, -0.2) is 79.1 Å². The third-order valence-electron chi connectivity index (χ3n) is 8.50. The van der Waals surface area contributed by atoms with Gasteiger partial charge in [-0.15, -0.1) is 0 Å². The number of nitriles is 1. The van der Waals surface area contributed by atoms with E-state index >= 15 is 0 Å². The second-order valence-corrected chi connectivity index (χ2v) is 11.5. The maximum atomic E-state index is 11.9. The quantitative estimate of drug-likeness (QED) is 0.246. The van der Waals surface area contributed by atoms with E-state index in [-0.39, 0.29) is 11.9 Å². The number of piperidine rings is 1. The number of likely N-dealkylation sites (tertiary alicyclic amines) is 1. The van der Waals surface area contributed by atoms with Crippen LogP contribution in [0.15, 0.2) is 67.0 Å². The number of fused-ring (bicyclic) bond motifs is 1. The topological polar surface area (TPSA) is 167 Å². The lowest BCUT2D eigenvalue weighted by Crippen LogP contribution is -2.39. The number of carbonyl (C=O) groups is 1. The summed E-state index contributed by atoms with van der Waals surface area (Å²) in [5, 5.41) is 15.4. The van der Waals surface area contributed by atoms with Gasteiger partial charge in [0, 0.05) is 69.8 Å². The second kappa shape index (κ2) is 12.8. The Balaban J connectivity index is 1.12. The number of anilines is 3. The van der Waals surface area contributed by atoms with Gasteiger partial charge in [0.1, 0.15) is 28.9 Å². The molecule has 1 amide bonds. The van der Waals surface area contributed by atoms with E-state index in [0.717, 1.165) is 55.1 Å². The van der Waals surface area contributed by atoms with Crippen LogP contribution in [0.1, 0.15) is 30.5 Å². The predicted molar refractivity (Wildman–Crippen MR) is 175 cm³/mol. The van der Waals surface area contributed by atoms with Crippen molar-refractivity contribution in [3.63, 3.8) is 0 Å². The standard InChI is InChI=1S/C33H34N12O/c34-20-24-9-14-38-33(40-24)39-23-10-16-43(17-11-23)21-22-3-5-25(6-4-22)45-31(26-2-1-13-37-30(26)35)41-27-7-8-28(42-32(27)45)44-18-12-29(46)36-15-19-44/h1-9,13-14,23H,10-12,15-19,21H2,(H2,35,37)(H,36,46)(H,38,39,40). The number of nitrogens with one attached hydrogen (secondary N) is 2. The first-order valence-corrected chi connectivity index (χ1v) is 15.5. The van der Waals surface area contributed by atoms with E-state index in [2.05, 4.69) is 65.7 Å². The van der Waals surface area contributed by atoms with Crippen LogP contribution in [0.25, 0.3) is 28.2 Å². The first-order chi connectivity index (χ1) is 22.5. The number of carbonyl (C=O) groups excluding carboxylic acids is 1. The van der Waals surface area contributed by atoms with Crippen LogP contribution in [0.2, 0.25) is 0 Å². The Morgan fingerprint density at radius 2 is 1.80 bits per heavy atom. The fourth-order valence-electron chi connectivity index (χ4n) is 6.07. The lowest BCUT2D eigenvalue weighted by atomic mass is 10.0. The van der Waals surface area contributed by atoms with Gasteiger partial charge in [-0.3, -0.25) is 14.3 Å². The van der Waals surface area contributed by atoms with Crippen molar-refractivity contribution in [1.29, 1.82) is 5.26 Å². The Kier molecular flexibility index (Phi) is 8.09. The first-order valence-electron chi connectivity index (χ1n) is 15.5. The zero-order valence-electron chi connectivity index (χ0n) is 25.3. The van der Waals surface area contributed by atoms with Crippen LogP contribution in [0.4, 0.5) is 17.6 Å². The van der Waals surface area contributed by atoms with E-state index in [1.54, 1.807) is 18.5 Å². The average Bonchev–Trinajstić information content (AvgIpc) is 3.32. The van der Waals surface area contributed by atoms with Gasteiger partial charge >= 0.3 is 0 Å². The number of hydrogen-bond acceptors (Lipinski definition) is 11. The number of amides is 1. The van der Waals surface area contributed by atoms with Crippen LogP contribution in [0.3, 0.4) is 0 Å². The van der Waals surface area contributed by atoms with Crippen molar-refractivity contribution in [3.05, 3.63) is 78.2 Å². The molecule has 4 aromatic heterocycles. The van der Waals surface area contributed by atoms with Crippen molar-refractivity contribution in [2.45, 2.75) is 31.8 Å². The highest BCUT2D eigenvalue weighted by atomic mass is 16.1. The van der Waals surface area contributed by atoms with Gasteiger partial charge in [-0.25, -0.2) is 24.9 Å². The van der Waals surface area contributed by atoms with Crippen molar-refractivity contribution < 1.29 is 4.79 Å². The Morgan fingerprint density at radius 3 is 2.61 bits per heavy atom. The molecule has 2 aliphatic rings. The summed E-state index contributed by atoms with van der Waals surface area (Å²) in [6.45, 7) is 4.59. The summed E-state index contributed by atoms with van der Waals surface area (Å²) >= 11 is 0. The highest BCUT2D eigenvalue weighted by molar-refractivity contribution is 5.84. The lowest BCUT2D eigenvalue weighted by Gasteiger charge is -2.32. The van der Waals surface area contributed by atoms with E-state index in [1.165, 1.54) is 5.56 Å². The van der Waals surface area contributed by atoms with Gasteiger partial charge in [0.25, 0.3) is 0 Å². The number of aromatic nitrogens is 6. The van der Waals surface area contributed by atoms with Gasteiger partial charge in [-0.1, -0.05) is 12.1 Å². The van der Waals surface area contributed by atoms with Crippen LogP contribution >= 0.6 is 0 Å². The lowest BCUT2D eigenvalue weighted by molar-refractivity contribution is -0.120. The zero-order chi connectivity index (χ0) is 31.5. The van der Waals surface area contributed by atoms with Gasteiger partial charge in [-0.05, 0) is 60.9 Å². The molecule has 13 heteroatoms. The van der Waals surface area contributed by atoms with Crippen molar-refractivity contribution in [2.75, 3.05) is 48.7 Å². The summed E-state index contributed by atoms with van der Waals surface area (Å²) in [4.78, 5) is 39.4. The molecule has 13 nitrogen and oxygen atoms in total. The Hall–Kier alpha value is -5.61. The van der Waals surface area contributed by atoms with Gasteiger partial charge in [-0.2, -0.15) is 5.26 Å². The van der Waals surface area contributed by atoms with E-state index in [4.69, 9.17) is 21.0 Å². The molecular formula is C33H34N12O. The Bertz CT molecular complexity index is 1910. The third-order valence-corrected chi connectivity index (χ3v) is 8.50. The molecule has 2 fully saturated rings. The molecule has 5 aromatic rings. The number of benzene rings is 1. The minimum atomic E-state index is 0.0565. The molecule has 0 saturated carbocycles. The number of imidazole rings is 1. The highest BCUT2D eigenvalue weighted by Gasteiger charge is 2.22. The third kappa shape index (κ3) is 6.15. The number of pyridine rings is 2. The minimum absolute atomic E-state index is 0.0565. The number of nitrogens with zero attached hydrogens (tertiary/aromatic N) is 9. The van der Waals surface area contributed by atoms with Gasteiger partial charge in [0.15, 0.2) is 11.5 Å². The monoisotopic (exact) mass is 614 g/mol. The average molecular weight is 615 g/mol. The van der Waals surface area contributed by atoms with Crippen molar-refractivity contribution in [3.8, 4) is 23.1 Å². The Labute approximate surface area is 266 Å². The normalized spacial score (nSPS) is 16.2. The summed E-state index contributed by atoms with van der Waals surface area (Å²) in [7, 11) is 0. The minimum Gasteiger partial charge on any atom is -0.383 e. The highest BCUT2D eigenvalue weighted by Crippen LogP contribution is 2.32. The van der Waals surface area contributed by atoms with E-state index in [1.807, 2.05) is 28.8 Å². The van der Waals surface area contributed by atoms with E-state index < -0.39 is 0 Å². The van der Waals surface area contributed by atoms with Gasteiger partial charge in [0.2, 0.25) is 11.9 Å². The predicted octanol–water partition coefficient (Wildman–Crippen LogP) is 3.13. The molecule has 6 heterocycles. The van der Waals surface area contributed by atoms with Crippen LogP contribution in [-0.2, 0) is 11.3 Å². The van der Waals surface area contributed by atoms with E-state index in [0.29, 0.717) is 55.0 Å². The number of hydrogen-bond donors (Lipinski definition) is 3. The molecule has 2 aliphatic heterocycles. The summed E-state index contributed by atoms with van der Waals surface area (Å²) in [6.07, 6.45) is 5.63. The molecule has 232 valence electrons. The maximum Gasteiger partial charge on any atom is 0.224 e. The molecule has 4 N–H and O–H groups in total. The summed E-state index contributed by atoms with van der Waals surface area (Å²) in [5.41, 5.74) is 11.0. The Morgan fingerprint density at radius 1 is 0.957 bits per heavy atom. The molecule has 1 aromatic carbocycles. The number of nitrogen functional groups attached to an aromatic ring is 1. The fraction of sp³-hybridized carbons (Fsp3) is 0.303. The molecule has 2 saturated heterocycles. The smallest absolute Gasteiger partial charge is 0.224 e. The molecule has 0 unspecified atom stereocenters. The van der Waals surface area contributed by atoms with Crippen molar-refractivity contribution >= 4 is 34.7 Å². The van der Waals surface area contributed by atoms with Crippen LogP contribution in [0, 0.1) is 11.3 Å². The molecule has 0 aliphatic carbocycles. The maximum absolute atomic E-state index is 11.9. The summed E-state index contributed by atoms with van der Waals surface area (Å²) < 4.78 is 2.04.